The average molecular weight is 412 g/mol. The van der Waals surface area contributed by atoms with Crippen molar-refractivity contribution in [3.8, 4) is 11.1 Å². The molecule has 1 aromatic heterocycles. The van der Waals surface area contributed by atoms with Crippen LogP contribution in [0.3, 0.4) is 0 Å². The van der Waals surface area contributed by atoms with Crippen LogP contribution in [0.1, 0.15) is 24.0 Å². The molecule has 5 rings (SSSR count). The molecular weight excluding hydrogens is 389 g/mol. The van der Waals surface area contributed by atoms with Crippen LogP contribution >= 0.6 is 0 Å². The fourth-order valence-corrected chi connectivity index (χ4v) is 6.79. The number of halogens is 1. The Hall–Kier alpha value is -2.51. The van der Waals surface area contributed by atoms with Gasteiger partial charge in [0.2, 0.25) is 0 Å². The molecule has 3 aromatic rings. The van der Waals surface area contributed by atoms with Crippen molar-refractivity contribution in [3.05, 3.63) is 71.8 Å². The summed E-state index contributed by atoms with van der Waals surface area (Å²) in [7, 11) is -3.34. The topological polar surface area (TPSA) is 55.2 Å². The average Bonchev–Trinajstić information content (AvgIpc) is 3.39. The van der Waals surface area contributed by atoms with Crippen LogP contribution in [0.2, 0.25) is 0 Å². The van der Waals surface area contributed by atoms with Gasteiger partial charge in [0.05, 0.1) is 16.3 Å². The second-order valence-electron chi connectivity index (χ2n) is 7.85. The lowest BCUT2D eigenvalue weighted by Crippen LogP contribution is -2.25. The Morgan fingerprint density at radius 3 is 2.59 bits per heavy atom. The zero-order valence-corrected chi connectivity index (χ0v) is 16.9. The lowest BCUT2D eigenvalue weighted by molar-refractivity contribution is 0.325. The molecule has 0 spiro atoms. The second-order valence-corrected chi connectivity index (χ2v) is 9.98. The van der Waals surface area contributed by atoms with Crippen LogP contribution in [0.15, 0.2) is 59.8 Å². The van der Waals surface area contributed by atoms with Gasteiger partial charge in [-0.05, 0) is 47.9 Å². The van der Waals surface area contributed by atoms with E-state index in [1.54, 1.807) is 18.2 Å². The van der Waals surface area contributed by atoms with Crippen molar-refractivity contribution in [1.29, 1.82) is 0 Å². The Morgan fingerprint density at radius 2 is 1.86 bits per heavy atom. The molecular formula is C22H22FN3O2S. The first-order valence-electron chi connectivity index (χ1n) is 9.83. The van der Waals surface area contributed by atoms with Crippen LogP contribution in [0, 0.1) is 5.82 Å². The highest BCUT2D eigenvalue weighted by molar-refractivity contribution is 7.92. The number of hydrogen-bond acceptors (Lipinski definition) is 4. The monoisotopic (exact) mass is 411 g/mol. The molecule has 2 aliphatic heterocycles. The predicted molar refractivity (Wildman–Crippen MR) is 109 cm³/mol. The molecule has 0 radical (unpaired) electrons. The van der Waals surface area contributed by atoms with E-state index in [0.29, 0.717) is 24.5 Å². The van der Waals surface area contributed by atoms with Crippen molar-refractivity contribution in [2.24, 2.45) is 0 Å². The molecule has 0 bridgehead atoms. The Morgan fingerprint density at radius 1 is 1.10 bits per heavy atom. The van der Waals surface area contributed by atoms with Gasteiger partial charge in [0, 0.05) is 43.9 Å². The molecule has 0 saturated carbocycles. The van der Waals surface area contributed by atoms with Crippen molar-refractivity contribution in [2.75, 3.05) is 13.1 Å². The Balaban J connectivity index is 1.45. The highest BCUT2D eigenvalue weighted by atomic mass is 32.2. The molecule has 2 aliphatic rings. The third kappa shape index (κ3) is 3.09. The zero-order chi connectivity index (χ0) is 20.2. The van der Waals surface area contributed by atoms with Crippen molar-refractivity contribution in [1.82, 2.24) is 14.7 Å². The number of hydrogen-bond donors (Lipinski definition) is 0. The maximum atomic E-state index is 13.3. The van der Waals surface area contributed by atoms with Gasteiger partial charge in [0.1, 0.15) is 5.82 Å². The highest BCUT2D eigenvalue weighted by Gasteiger charge is 2.50. The van der Waals surface area contributed by atoms with Crippen molar-refractivity contribution >= 4 is 9.84 Å². The van der Waals surface area contributed by atoms with Gasteiger partial charge in [0.15, 0.2) is 9.84 Å². The molecule has 1 saturated heterocycles. The van der Waals surface area contributed by atoms with E-state index in [1.165, 1.54) is 12.1 Å². The number of rotatable bonds is 4. The van der Waals surface area contributed by atoms with E-state index in [9.17, 15) is 12.8 Å². The summed E-state index contributed by atoms with van der Waals surface area (Å²) < 4.78 is 41.4. The molecule has 7 heteroatoms. The summed E-state index contributed by atoms with van der Waals surface area (Å²) in [6.07, 6.45) is 3.87. The van der Waals surface area contributed by atoms with Gasteiger partial charge in [-0.1, -0.05) is 18.2 Å². The number of aryl methyl sites for hydroxylation is 1. The predicted octanol–water partition coefficient (Wildman–Crippen LogP) is 3.46. The lowest BCUT2D eigenvalue weighted by atomic mass is 9.94. The largest absolute Gasteiger partial charge is 0.297 e. The first kappa shape index (κ1) is 18.5. The van der Waals surface area contributed by atoms with Gasteiger partial charge < -0.3 is 0 Å². The molecule has 0 N–H and O–H groups in total. The van der Waals surface area contributed by atoms with Crippen LogP contribution < -0.4 is 0 Å². The van der Waals surface area contributed by atoms with Crippen molar-refractivity contribution < 1.29 is 12.8 Å². The minimum absolute atomic E-state index is 0.0309. The molecule has 2 atom stereocenters. The van der Waals surface area contributed by atoms with Crippen LogP contribution in [0.4, 0.5) is 4.39 Å². The standard InChI is InChI=1S/C22H22FN3O2S/c1-2-26-12-15(10-24-26)11-25-13-20-19-9-17(16-3-6-18(23)7-4-16)5-8-21(19)29(27,28)22(20)14-25/h3-10,12,20,22H,2,11,13-14H2,1H3/t20-,22+/m1/s1. The van der Waals surface area contributed by atoms with Gasteiger partial charge in [-0.25, -0.2) is 12.8 Å². The molecule has 150 valence electrons. The third-order valence-electron chi connectivity index (χ3n) is 6.05. The van der Waals surface area contributed by atoms with Crippen LogP contribution in [0.25, 0.3) is 11.1 Å². The van der Waals surface area contributed by atoms with Crippen molar-refractivity contribution in [3.63, 3.8) is 0 Å². The van der Waals surface area contributed by atoms with Gasteiger partial charge in [-0.2, -0.15) is 5.10 Å². The van der Waals surface area contributed by atoms with Crippen LogP contribution in [-0.4, -0.2) is 41.4 Å². The summed E-state index contributed by atoms with van der Waals surface area (Å²) in [6, 6.07) is 11.8. The fourth-order valence-electron chi connectivity index (χ4n) is 4.60. The highest BCUT2D eigenvalue weighted by Crippen LogP contribution is 2.46. The molecule has 5 nitrogen and oxygen atoms in total. The molecule has 2 aromatic carbocycles. The maximum Gasteiger partial charge on any atom is 0.183 e. The minimum Gasteiger partial charge on any atom is -0.297 e. The number of likely N-dealkylation sites (tertiary alicyclic amines) is 1. The molecule has 3 heterocycles. The maximum absolute atomic E-state index is 13.3. The normalized spacial score (nSPS) is 22.6. The molecule has 1 fully saturated rings. The Bertz CT molecular complexity index is 1170. The van der Waals surface area contributed by atoms with Gasteiger partial charge >= 0.3 is 0 Å². The SMILES string of the molecule is CCn1cc(CN2C[C@@H]3c4cc(-c5ccc(F)cc5)ccc4S(=O)(=O)[C@H]3C2)cn1. The van der Waals surface area contributed by atoms with Crippen molar-refractivity contribution in [2.45, 2.75) is 36.1 Å². The summed E-state index contributed by atoms with van der Waals surface area (Å²) in [4.78, 5) is 2.66. The van der Waals surface area contributed by atoms with E-state index < -0.39 is 15.1 Å². The third-order valence-corrected chi connectivity index (χ3v) is 8.31. The number of aromatic nitrogens is 2. The number of sulfone groups is 1. The quantitative estimate of drug-likeness (QED) is 0.660. The van der Waals surface area contributed by atoms with E-state index >= 15 is 0 Å². The molecule has 0 unspecified atom stereocenters. The van der Waals surface area contributed by atoms with E-state index in [-0.39, 0.29) is 11.7 Å². The molecule has 0 amide bonds. The second kappa shape index (κ2) is 6.78. The van der Waals surface area contributed by atoms with E-state index in [1.807, 2.05) is 36.1 Å². The Labute approximate surface area is 169 Å². The smallest absolute Gasteiger partial charge is 0.183 e. The molecule has 0 aliphatic carbocycles. The summed E-state index contributed by atoms with van der Waals surface area (Å²) in [5.41, 5.74) is 3.80. The van der Waals surface area contributed by atoms with Crippen LogP contribution in [0.5, 0.6) is 0 Å². The van der Waals surface area contributed by atoms with E-state index in [0.717, 1.165) is 28.8 Å². The number of benzene rings is 2. The first-order chi connectivity index (χ1) is 14.0. The lowest BCUT2D eigenvalue weighted by Gasteiger charge is -2.16. The fraction of sp³-hybridized carbons (Fsp3) is 0.318. The summed E-state index contributed by atoms with van der Waals surface area (Å²) >= 11 is 0. The first-order valence-corrected chi connectivity index (χ1v) is 11.4. The number of fused-ring (bicyclic) bond motifs is 3. The zero-order valence-electron chi connectivity index (χ0n) is 16.1. The summed E-state index contributed by atoms with van der Waals surface area (Å²) in [5.74, 6) is -0.313. The van der Waals surface area contributed by atoms with Gasteiger partial charge in [-0.15, -0.1) is 0 Å². The number of nitrogens with zero attached hydrogens (tertiary/aromatic N) is 3. The van der Waals surface area contributed by atoms with Gasteiger partial charge in [-0.3, -0.25) is 9.58 Å². The van der Waals surface area contributed by atoms with E-state index in [4.69, 9.17) is 0 Å². The summed E-state index contributed by atoms with van der Waals surface area (Å²) in [6.45, 7) is 4.81. The Kier molecular flexibility index (Phi) is 4.33. The summed E-state index contributed by atoms with van der Waals surface area (Å²) in [5, 5.41) is 3.91. The van der Waals surface area contributed by atoms with E-state index in [2.05, 4.69) is 10.00 Å². The minimum atomic E-state index is -3.34. The van der Waals surface area contributed by atoms with Gasteiger partial charge in [0.25, 0.3) is 0 Å². The van der Waals surface area contributed by atoms with Crippen LogP contribution in [-0.2, 0) is 22.9 Å². The molecule has 29 heavy (non-hydrogen) atoms.